The van der Waals surface area contributed by atoms with E-state index < -0.39 is 0 Å². The van der Waals surface area contributed by atoms with Crippen LogP contribution in [0.2, 0.25) is 0 Å². The molecule has 0 radical (unpaired) electrons. The zero-order valence-electron chi connectivity index (χ0n) is 10.2. The van der Waals surface area contributed by atoms with Crippen LogP contribution in [0.4, 0.5) is 5.82 Å². The number of hydrogen-bond donors (Lipinski definition) is 0. The summed E-state index contributed by atoms with van der Waals surface area (Å²) in [4.78, 5) is 10.6. The highest BCUT2D eigenvalue weighted by Crippen LogP contribution is 2.19. The first-order valence-electron chi connectivity index (χ1n) is 5.77. The van der Waals surface area contributed by atoms with Gasteiger partial charge in [-0.15, -0.1) is 0 Å². The molecule has 0 spiro atoms. The van der Waals surface area contributed by atoms with Gasteiger partial charge >= 0.3 is 0 Å². The molecular weight excluding hydrogens is 216 g/mol. The Balaban J connectivity index is 2.20. The smallest absolute Gasteiger partial charge is 0.146 e. The van der Waals surface area contributed by atoms with Crippen molar-refractivity contribution in [2.75, 3.05) is 25.2 Å². The average molecular weight is 232 g/mol. The van der Waals surface area contributed by atoms with Crippen molar-refractivity contribution in [3.05, 3.63) is 17.6 Å². The van der Waals surface area contributed by atoms with E-state index in [0.29, 0.717) is 17.6 Å². The fourth-order valence-electron chi connectivity index (χ4n) is 2.05. The molecule has 0 unspecified atom stereocenters. The first-order valence-corrected chi connectivity index (χ1v) is 5.77. The van der Waals surface area contributed by atoms with Crippen molar-refractivity contribution in [1.29, 1.82) is 5.26 Å². The third kappa shape index (κ3) is 2.71. The van der Waals surface area contributed by atoms with Crippen LogP contribution in [-0.4, -0.2) is 36.3 Å². The van der Waals surface area contributed by atoms with Gasteiger partial charge in [-0.3, -0.25) is 0 Å². The van der Waals surface area contributed by atoms with Gasteiger partial charge in [0.1, 0.15) is 23.4 Å². The maximum Gasteiger partial charge on any atom is 0.146 e. The molecule has 17 heavy (non-hydrogen) atoms. The standard InChI is InChI=1S/C12H16N4O/c1-9-14-10(8-13)7-12(15-9)16(2)11-3-5-17-6-4-11/h7,11H,3-6H2,1-2H3. The fraction of sp³-hybridized carbons (Fsp3) is 0.583. The molecule has 0 aliphatic carbocycles. The zero-order chi connectivity index (χ0) is 12.3. The summed E-state index contributed by atoms with van der Waals surface area (Å²) < 4.78 is 5.34. The molecule has 0 atom stereocenters. The number of aromatic nitrogens is 2. The van der Waals surface area contributed by atoms with Gasteiger partial charge in [-0.2, -0.15) is 5.26 Å². The van der Waals surface area contributed by atoms with Gasteiger partial charge in [-0.25, -0.2) is 9.97 Å². The second kappa shape index (κ2) is 5.11. The van der Waals surface area contributed by atoms with Gasteiger partial charge in [0.25, 0.3) is 0 Å². The largest absolute Gasteiger partial charge is 0.381 e. The van der Waals surface area contributed by atoms with Gasteiger partial charge in [-0.1, -0.05) is 0 Å². The van der Waals surface area contributed by atoms with Crippen molar-refractivity contribution in [1.82, 2.24) is 9.97 Å². The van der Waals surface area contributed by atoms with E-state index in [9.17, 15) is 0 Å². The Morgan fingerprint density at radius 3 is 2.76 bits per heavy atom. The van der Waals surface area contributed by atoms with Crippen LogP contribution in [0.15, 0.2) is 6.07 Å². The van der Waals surface area contributed by atoms with Crippen molar-refractivity contribution >= 4 is 5.82 Å². The highest BCUT2D eigenvalue weighted by atomic mass is 16.5. The van der Waals surface area contributed by atoms with E-state index in [0.717, 1.165) is 31.9 Å². The van der Waals surface area contributed by atoms with E-state index in [1.165, 1.54) is 0 Å². The minimum atomic E-state index is 0.423. The Bertz CT molecular complexity index is 435. The quantitative estimate of drug-likeness (QED) is 0.768. The van der Waals surface area contributed by atoms with Gasteiger partial charge in [0.2, 0.25) is 0 Å². The second-order valence-corrected chi connectivity index (χ2v) is 4.22. The number of ether oxygens (including phenoxy) is 1. The molecule has 1 fully saturated rings. The maximum absolute atomic E-state index is 8.90. The summed E-state index contributed by atoms with van der Waals surface area (Å²) in [6.45, 7) is 3.40. The van der Waals surface area contributed by atoms with Crippen molar-refractivity contribution in [3.63, 3.8) is 0 Å². The SMILES string of the molecule is Cc1nc(C#N)cc(N(C)C2CCOCC2)n1. The van der Waals surface area contributed by atoms with Gasteiger partial charge in [0, 0.05) is 32.4 Å². The predicted molar refractivity (Wildman–Crippen MR) is 63.7 cm³/mol. The lowest BCUT2D eigenvalue weighted by atomic mass is 10.1. The molecule has 0 N–H and O–H groups in total. The molecule has 0 saturated carbocycles. The Morgan fingerprint density at radius 1 is 1.41 bits per heavy atom. The average Bonchev–Trinajstić information content (AvgIpc) is 2.38. The lowest BCUT2D eigenvalue weighted by molar-refractivity contribution is 0.0853. The molecule has 5 nitrogen and oxygen atoms in total. The summed E-state index contributed by atoms with van der Waals surface area (Å²) >= 11 is 0. The van der Waals surface area contributed by atoms with Crippen molar-refractivity contribution < 1.29 is 4.74 Å². The molecule has 1 aliphatic rings. The van der Waals surface area contributed by atoms with Crippen molar-refractivity contribution in [2.24, 2.45) is 0 Å². The molecular formula is C12H16N4O. The molecule has 90 valence electrons. The van der Waals surface area contributed by atoms with Gasteiger partial charge in [-0.05, 0) is 19.8 Å². The van der Waals surface area contributed by atoms with Crippen molar-refractivity contribution in [3.8, 4) is 6.07 Å². The highest BCUT2D eigenvalue weighted by molar-refractivity contribution is 5.43. The van der Waals surface area contributed by atoms with Crippen LogP contribution in [0.3, 0.4) is 0 Å². The molecule has 0 aromatic carbocycles. The summed E-state index contributed by atoms with van der Waals surface area (Å²) in [5, 5.41) is 8.90. The molecule has 1 aliphatic heterocycles. The monoisotopic (exact) mass is 232 g/mol. The predicted octanol–water partition coefficient (Wildman–Crippen LogP) is 1.27. The Labute approximate surface area is 101 Å². The highest BCUT2D eigenvalue weighted by Gasteiger charge is 2.20. The number of rotatable bonds is 2. The van der Waals surface area contributed by atoms with E-state index in [2.05, 4.69) is 20.9 Å². The summed E-state index contributed by atoms with van der Waals surface area (Å²) in [6.07, 6.45) is 2.00. The van der Waals surface area contributed by atoms with E-state index in [4.69, 9.17) is 10.00 Å². The molecule has 1 saturated heterocycles. The van der Waals surface area contributed by atoms with Gasteiger partial charge in [0.05, 0.1) is 0 Å². The van der Waals surface area contributed by atoms with Crippen LogP contribution in [0.25, 0.3) is 0 Å². The molecule has 2 heterocycles. The van der Waals surface area contributed by atoms with Crippen LogP contribution < -0.4 is 4.90 Å². The molecule has 0 amide bonds. The zero-order valence-corrected chi connectivity index (χ0v) is 10.2. The minimum Gasteiger partial charge on any atom is -0.381 e. The number of nitriles is 1. The second-order valence-electron chi connectivity index (χ2n) is 4.22. The van der Waals surface area contributed by atoms with E-state index >= 15 is 0 Å². The maximum atomic E-state index is 8.90. The van der Waals surface area contributed by atoms with Crippen LogP contribution in [0.5, 0.6) is 0 Å². The number of nitrogens with zero attached hydrogens (tertiary/aromatic N) is 4. The summed E-state index contributed by atoms with van der Waals surface area (Å²) in [5.74, 6) is 1.46. The summed E-state index contributed by atoms with van der Waals surface area (Å²) in [7, 11) is 2.01. The number of hydrogen-bond acceptors (Lipinski definition) is 5. The molecule has 2 rings (SSSR count). The Morgan fingerprint density at radius 2 is 2.12 bits per heavy atom. The molecule has 1 aromatic rings. The molecule has 1 aromatic heterocycles. The van der Waals surface area contributed by atoms with Crippen LogP contribution in [0, 0.1) is 18.3 Å². The lowest BCUT2D eigenvalue weighted by Crippen LogP contribution is -2.37. The Kier molecular flexibility index (Phi) is 3.55. The van der Waals surface area contributed by atoms with Gasteiger partial charge in [0.15, 0.2) is 0 Å². The van der Waals surface area contributed by atoms with Crippen LogP contribution >= 0.6 is 0 Å². The summed E-state index contributed by atoms with van der Waals surface area (Å²) in [6, 6.07) is 4.24. The third-order valence-electron chi connectivity index (χ3n) is 3.04. The topological polar surface area (TPSA) is 62.0 Å². The fourth-order valence-corrected chi connectivity index (χ4v) is 2.05. The minimum absolute atomic E-state index is 0.423. The number of anilines is 1. The lowest BCUT2D eigenvalue weighted by Gasteiger charge is -2.32. The molecule has 5 heteroatoms. The molecule has 0 bridgehead atoms. The third-order valence-corrected chi connectivity index (χ3v) is 3.04. The number of aryl methyl sites for hydroxylation is 1. The van der Waals surface area contributed by atoms with E-state index in [-0.39, 0.29) is 0 Å². The van der Waals surface area contributed by atoms with E-state index in [1.807, 2.05) is 14.0 Å². The van der Waals surface area contributed by atoms with E-state index in [1.54, 1.807) is 6.07 Å². The van der Waals surface area contributed by atoms with Crippen LogP contribution in [-0.2, 0) is 4.74 Å². The summed E-state index contributed by atoms with van der Waals surface area (Å²) in [5.41, 5.74) is 0.423. The van der Waals surface area contributed by atoms with Gasteiger partial charge < -0.3 is 9.64 Å². The normalized spacial score (nSPS) is 16.5. The Hall–Kier alpha value is -1.67. The first-order chi connectivity index (χ1) is 8.20. The van der Waals surface area contributed by atoms with Crippen LogP contribution in [0.1, 0.15) is 24.4 Å². The first kappa shape index (κ1) is 11.8. The van der Waals surface area contributed by atoms with Crippen molar-refractivity contribution in [2.45, 2.75) is 25.8 Å².